The molecule has 0 aliphatic carbocycles. The summed E-state index contributed by atoms with van der Waals surface area (Å²) in [7, 11) is 2.63. The number of hydrogen-bond donors (Lipinski definition) is 1. The van der Waals surface area contributed by atoms with E-state index >= 15 is 0 Å². The number of imide groups is 1. The summed E-state index contributed by atoms with van der Waals surface area (Å²) in [4.78, 5) is 49.2. The summed E-state index contributed by atoms with van der Waals surface area (Å²) in [5.74, 6) is -0.903. The molecule has 1 aliphatic heterocycles. The zero-order valence-corrected chi connectivity index (χ0v) is 20.0. The summed E-state index contributed by atoms with van der Waals surface area (Å²) in [6.07, 6.45) is 1.51. The summed E-state index contributed by atoms with van der Waals surface area (Å²) < 4.78 is 15.5. The first-order valence-corrected chi connectivity index (χ1v) is 11.0. The number of carbonyl (C=O) groups excluding carboxylic acids is 4. The van der Waals surface area contributed by atoms with E-state index in [9.17, 15) is 19.2 Å². The molecule has 1 fully saturated rings. The first-order valence-electron chi connectivity index (χ1n) is 10.2. The molecule has 0 bridgehead atoms. The second kappa shape index (κ2) is 10.9. The highest BCUT2D eigenvalue weighted by molar-refractivity contribution is 8.18. The molecule has 0 unspecified atom stereocenters. The largest absolute Gasteiger partial charge is 0.493 e. The van der Waals surface area contributed by atoms with Crippen LogP contribution < -0.4 is 14.8 Å². The number of methoxy groups -OCH3 is 2. The molecule has 1 N–H and O–H groups in total. The minimum Gasteiger partial charge on any atom is -0.493 e. The number of aryl methyl sites for hydroxylation is 2. The second-order valence-electron chi connectivity index (χ2n) is 7.39. The average molecular weight is 485 g/mol. The molecule has 0 saturated carbocycles. The third kappa shape index (κ3) is 5.96. The lowest BCUT2D eigenvalue weighted by molar-refractivity contribution is -0.143. The van der Waals surface area contributed by atoms with E-state index in [0.717, 1.165) is 27.8 Å². The number of hydrogen-bond acceptors (Lipinski definition) is 8. The zero-order chi connectivity index (χ0) is 24.8. The Morgan fingerprint density at radius 1 is 1.03 bits per heavy atom. The van der Waals surface area contributed by atoms with Crippen molar-refractivity contribution in [2.24, 2.45) is 0 Å². The van der Waals surface area contributed by atoms with Crippen LogP contribution in [0.25, 0.3) is 6.08 Å². The van der Waals surface area contributed by atoms with E-state index in [0.29, 0.717) is 22.7 Å². The lowest BCUT2D eigenvalue weighted by Crippen LogP contribution is -2.34. The number of carbonyl (C=O) groups is 4. The molecule has 0 spiro atoms. The standard InChI is InChI=1S/C24H24N2O7S/c1-14-5-7-17(9-15(14)2)25-21(27)13-33-18-8-6-16(10-19(18)31-3)11-20-23(29)26(24(30)34-20)12-22(28)32-4/h5-11H,12-13H2,1-4H3,(H,25,27)/b20-11-. The van der Waals surface area contributed by atoms with Gasteiger partial charge in [0.05, 0.1) is 19.1 Å². The highest BCUT2D eigenvalue weighted by Gasteiger charge is 2.36. The number of nitrogens with zero attached hydrogens (tertiary/aromatic N) is 1. The molecule has 10 heteroatoms. The van der Waals surface area contributed by atoms with Crippen molar-refractivity contribution in [3.63, 3.8) is 0 Å². The summed E-state index contributed by atoms with van der Waals surface area (Å²) in [6, 6.07) is 10.5. The Kier molecular flexibility index (Phi) is 7.95. The SMILES string of the molecule is COC(=O)CN1C(=O)S/C(=C\c2ccc(OCC(=O)Nc3ccc(C)c(C)c3)c(OC)c2)C1=O. The van der Waals surface area contributed by atoms with E-state index in [-0.39, 0.29) is 17.4 Å². The Bertz CT molecular complexity index is 1180. The Labute approximate surface area is 201 Å². The van der Waals surface area contributed by atoms with Gasteiger partial charge in [0.15, 0.2) is 18.1 Å². The van der Waals surface area contributed by atoms with Gasteiger partial charge in [-0.2, -0.15) is 0 Å². The lowest BCUT2D eigenvalue weighted by Gasteiger charge is -2.12. The van der Waals surface area contributed by atoms with Gasteiger partial charge in [-0.05, 0) is 72.6 Å². The van der Waals surface area contributed by atoms with Gasteiger partial charge in [-0.3, -0.25) is 24.1 Å². The fourth-order valence-electron chi connectivity index (χ4n) is 3.03. The molecule has 2 aromatic rings. The van der Waals surface area contributed by atoms with Crippen molar-refractivity contribution < 1.29 is 33.4 Å². The van der Waals surface area contributed by atoms with Crippen molar-refractivity contribution >= 4 is 46.5 Å². The topological polar surface area (TPSA) is 111 Å². The van der Waals surface area contributed by atoms with Crippen molar-refractivity contribution in [1.82, 2.24) is 4.90 Å². The Morgan fingerprint density at radius 3 is 2.47 bits per heavy atom. The third-order valence-electron chi connectivity index (χ3n) is 5.02. The zero-order valence-electron chi connectivity index (χ0n) is 19.2. The number of benzene rings is 2. The van der Waals surface area contributed by atoms with Gasteiger partial charge in [-0.25, -0.2) is 0 Å². The summed E-state index contributed by atoms with van der Waals surface area (Å²) >= 11 is 0.729. The number of anilines is 1. The van der Waals surface area contributed by atoms with Gasteiger partial charge in [0.25, 0.3) is 17.1 Å². The number of esters is 1. The van der Waals surface area contributed by atoms with Crippen molar-refractivity contribution in [2.75, 3.05) is 32.7 Å². The molecule has 0 atom stereocenters. The molecule has 0 radical (unpaired) electrons. The molecule has 2 aromatic carbocycles. The highest BCUT2D eigenvalue weighted by Crippen LogP contribution is 2.34. The Morgan fingerprint density at radius 2 is 1.79 bits per heavy atom. The Hall–Kier alpha value is -3.79. The number of nitrogens with one attached hydrogen (secondary N) is 1. The van der Waals surface area contributed by atoms with Gasteiger partial charge < -0.3 is 19.5 Å². The molecular weight excluding hydrogens is 460 g/mol. The summed E-state index contributed by atoms with van der Waals surface area (Å²) in [5.41, 5.74) is 3.46. The minimum atomic E-state index is -0.687. The smallest absolute Gasteiger partial charge is 0.325 e. The molecule has 3 amide bonds. The normalized spacial score (nSPS) is 14.4. The maximum Gasteiger partial charge on any atom is 0.325 e. The van der Waals surface area contributed by atoms with Crippen LogP contribution in [0.2, 0.25) is 0 Å². The monoisotopic (exact) mass is 484 g/mol. The van der Waals surface area contributed by atoms with Crippen LogP contribution in [-0.4, -0.2) is 55.3 Å². The first kappa shape index (κ1) is 24.8. The van der Waals surface area contributed by atoms with Crippen LogP contribution in [0.4, 0.5) is 10.5 Å². The number of amides is 3. The third-order valence-corrected chi connectivity index (χ3v) is 5.93. The number of thioether (sulfide) groups is 1. The van der Waals surface area contributed by atoms with E-state index in [2.05, 4.69) is 10.1 Å². The van der Waals surface area contributed by atoms with Gasteiger partial charge >= 0.3 is 5.97 Å². The fourth-order valence-corrected chi connectivity index (χ4v) is 3.87. The molecule has 178 valence electrons. The molecule has 1 aliphatic rings. The summed E-state index contributed by atoms with van der Waals surface area (Å²) in [5, 5.41) is 2.23. The fraction of sp³-hybridized carbons (Fsp3) is 0.250. The molecule has 0 aromatic heterocycles. The molecule has 9 nitrogen and oxygen atoms in total. The molecular formula is C24H24N2O7S. The predicted molar refractivity (Wildman–Crippen MR) is 128 cm³/mol. The number of ether oxygens (including phenoxy) is 3. The van der Waals surface area contributed by atoms with Crippen molar-refractivity contribution in [1.29, 1.82) is 0 Å². The van der Waals surface area contributed by atoms with E-state index in [1.54, 1.807) is 18.2 Å². The van der Waals surface area contributed by atoms with Crippen molar-refractivity contribution in [3.05, 3.63) is 58.0 Å². The van der Waals surface area contributed by atoms with Crippen LogP contribution in [0.15, 0.2) is 41.3 Å². The molecule has 34 heavy (non-hydrogen) atoms. The molecule has 3 rings (SSSR count). The lowest BCUT2D eigenvalue weighted by atomic mass is 10.1. The van der Waals surface area contributed by atoms with Gasteiger partial charge in [-0.15, -0.1) is 0 Å². The van der Waals surface area contributed by atoms with Crippen LogP contribution in [0, 0.1) is 13.8 Å². The van der Waals surface area contributed by atoms with E-state index in [4.69, 9.17) is 9.47 Å². The number of rotatable bonds is 8. The average Bonchev–Trinajstić information content (AvgIpc) is 3.07. The molecule has 1 saturated heterocycles. The summed E-state index contributed by atoms with van der Waals surface area (Å²) in [6.45, 7) is 3.29. The van der Waals surface area contributed by atoms with Gasteiger partial charge in [0.1, 0.15) is 6.54 Å². The van der Waals surface area contributed by atoms with E-state index in [1.165, 1.54) is 20.3 Å². The maximum atomic E-state index is 12.5. The minimum absolute atomic E-state index is 0.164. The Balaban J connectivity index is 1.66. The maximum absolute atomic E-state index is 12.5. The van der Waals surface area contributed by atoms with Gasteiger partial charge in [-0.1, -0.05) is 12.1 Å². The molecule has 1 heterocycles. The first-order chi connectivity index (χ1) is 16.2. The van der Waals surface area contributed by atoms with Crippen molar-refractivity contribution in [2.45, 2.75) is 13.8 Å². The van der Waals surface area contributed by atoms with E-state index < -0.39 is 23.7 Å². The van der Waals surface area contributed by atoms with Crippen molar-refractivity contribution in [3.8, 4) is 11.5 Å². The predicted octanol–water partition coefficient (Wildman–Crippen LogP) is 3.54. The van der Waals surface area contributed by atoms with Gasteiger partial charge in [0.2, 0.25) is 0 Å². The van der Waals surface area contributed by atoms with E-state index in [1.807, 2.05) is 32.0 Å². The quantitative estimate of drug-likeness (QED) is 0.447. The van der Waals surface area contributed by atoms with Crippen LogP contribution in [0.3, 0.4) is 0 Å². The van der Waals surface area contributed by atoms with Crippen LogP contribution in [-0.2, 0) is 19.1 Å². The van der Waals surface area contributed by atoms with Crippen LogP contribution >= 0.6 is 11.8 Å². The van der Waals surface area contributed by atoms with Gasteiger partial charge in [0, 0.05) is 5.69 Å². The van der Waals surface area contributed by atoms with Crippen LogP contribution in [0.1, 0.15) is 16.7 Å². The van der Waals surface area contributed by atoms with Crippen LogP contribution in [0.5, 0.6) is 11.5 Å². The highest BCUT2D eigenvalue weighted by atomic mass is 32.2. The second-order valence-corrected chi connectivity index (χ2v) is 8.38.